The Kier molecular flexibility index (Phi) is 4.02. The second-order valence-corrected chi connectivity index (χ2v) is 7.11. The average molecular weight is 403 g/mol. The number of amides is 2. The highest BCUT2D eigenvalue weighted by atomic mass is 16.5. The first-order valence-corrected chi connectivity index (χ1v) is 9.35. The number of carbonyl (C=O) groups excluding carboxylic acids is 2. The number of nitrogens with two attached hydrogens (primary N) is 1. The van der Waals surface area contributed by atoms with E-state index in [-0.39, 0.29) is 24.5 Å². The third-order valence-electron chi connectivity index (χ3n) is 5.15. The number of fused-ring (bicyclic) bond motifs is 5. The summed E-state index contributed by atoms with van der Waals surface area (Å²) in [5.41, 5.74) is 7.47. The molecule has 2 aromatic heterocycles. The number of aromatic nitrogens is 3. The van der Waals surface area contributed by atoms with Crippen molar-refractivity contribution in [3.63, 3.8) is 0 Å². The van der Waals surface area contributed by atoms with Crippen molar-refractivity contribution in [1.29, 1.82) is 0 Å². The number of aromatic amines is 1. The molecule has 0 saturated carbocycles. The van der Waals surface area contributed by atoms with Gasteiger partial charge in [0.05, 0.1) is 16.6 Å². The van der Waals surface area contributed by atoms with Crippen LogP contribution in [0.5, 0.6) is 5.75 Å². The molecule has 3 heterocycles. The number of ether oxygens (including phenoxy) is 1. The second kappa shape index (κ2) is 6.73. The number of rotatable bonds is 4. The molecule has 2 amide bonds. The summed E-state index contributed by atoms with van der Waals surface area (Å²) < 4.78 is 7.14. The third-order valence-corrected chi connectivity index (χ3v) is 5.15. The number of primary amides is 1. The largest absolute Gasteiger partial charge is 0.484 e. The molecule has 0 saturated heterocycles. The molecule has 1 aliphatic heterocycles. The standard InChI is InChI=1S/C21H17N5O4/c22-16(27)10-30-12-5-3-4-11(8-12)13-9-17(28)24-19-18(13)20(29)25-21-23-14-6-1-2-7-15(14)26(19)21/h1-8,13H,9-10H2,(H2,22,27)(H,24,28)(H,23,25,29). The average Bonchev–Trinajstić information content (AvgIpc) is 3.10. The Balaban J connectivity index is 1.70. The summed E-state index contributed by atoms with van der Waals surface area (Å²) in [6, 6.07) is 14.4. The van der Waals surface area contributed by atoms with Crippen LogP contribution in [0.2, 0.25) is 0 Å². The molecule has 9 nitrogen and oxygen atoms in total. The fourth-order valence-corrected chi connectivity index (χ4v) is 3.91. The minimum Gasteiger partial charge on any atom is -0.484 e. The summed E-state index contributed by atoms with van der Waals surface area (Å²) in [5.74, 6) is -0.0783. The van der Waals surface area contributed by atoms with E-state index in [0.29, 0.717) is 28.4 Å². The predicted octanol–water partition coefficient (Wildman–Crippen LogP) is 1.51. The highest BCUT2D eigenvalue weighted by Gasteiger charge is 2.32. The van der Waals surface area contributed by atoms with Crippen molar-refractivity contribution in [3.05, 3.63) is 70.0 Å². The Labute approximate surface area is 169 Å². The van der Waals surface area contributed by atoms with Crippen LogP contribution in [0.15, 0.2) is 53.3 Å². The van der Waals surface area contributed by atoms with Crippen molar-refractivity contribution in [2.45, 2.75) is 12.3 Å². The van der Waals surface area contributed by atoms with Crippen molar-refractivity contribution in [3.8, 4) is 5.75 Å². The topological polar surface area (TPSA) is 132 Å². The lowest BCUT2D eigenvalue weighted by Crippen LogP contribution is -2.32. The van der Waals surface area contributed by atoms with E-state index in [1.165, 1.54) is 0 Å². The summed E-state index contributed by atoms with van der Waals surface area (Å²) in [7, 11) is 0. The predicted molar refractivity (Wildman–Crippen MR) is 110 cm³/mol. The van der Waals surface area contributed by atoms with Crippen LogP contribution in [-0.2, 0) is 9.59 Å². The monoisotopic (exact) mass is 403 g/mol. The number of benzene rings is 2. The minimum atomic E-state index is -0.589. The number of H-pyrrole nitrogens is 1. The molecule has 0 bridgehead atoms. The van der Waals surface area contributed by atoms with Gasteiger partial charge in [-0.2, -0.15) is 0 Å². The lowest BCUT2D eigenvalue weighted by atomic mass is 9.86. The molecule has 5 rings (SSSR count). The summed E-state index contributed by atoms with van der Waals surface area (Å²) in [6.07, 6.45) is 0.105. The van der Waals surface area contributed by atoms with E-state index in [2.05, 4.69) is 15.3 Å². The van der Waals surface area contributed by atoms with Gasteiger partial charge in [-0.15, -0.1) is 0 Å². The maximum Gasteiger partial charge on any atom is 0.258 e. The van der Waals surface area contributed by atoms with Crippen LogP contribution in [-0.4, -0.2) is 32.8 Å². The molecule has 4 N–H and O–H groups in total. The molecule has 1 aliphatic rings. The van der Waals surface area contributed by atoms with Crippen molar-refractivity contribution < 1.29 is 14.3 Å². The van der Waals surface area contributed by atoms with Gasteiger partial charge >= 0.3 is 0 Å². The first-order valence-electron chi connectivity index (χ1n) is 9.35. The van der Waals surface area contributed by atoms with E-state index in [0.717, 1.165) is 11.1 Å². The highest BCUT2D eigenvalue weighted by Crippen LogP contribution is 2.37. The maximum absolute atomic E-state index is 13.0. The third kappa shape index (κ3) is 2.87. The van der Waals surface area contributed by atoms with Crippen molar-refractivity contribution in [2.24, 2.45) is 5.73 Å². The normalized spacial score (nSPS) is 15.7. The Bertz CT molecular complexity index is 1390. The van der Waals surface area contributed by atoms with Gasteiger partial charge in [0.25, 0.3) is 11.5 Å². The van der Waals surface area contributed by atoms with E-state index in [1.54, 1.807) is 22.6 Å². The fraction of sp³-hybridized carbons (Fsp3) is 0.143. The van der Waals surface area contributed by atoms with Crippen LogP contribution in [0.1, 0.15) is 23.5 Å². The van der Waals surface area contributed by atoms with E-state index in [1.807, 2.05) is 30.3 Å². The first-order chi connectivity index (χ1) is 14.5. The second-order valence-electron chi connectivity index (χ2n) is 7.11. The molecule has 30 heavy (non-hydrogen) atoms. The van der Waals surface area contributed by atoms with E-state index in [9.17, 15) is 14.4 Å². The van der Waals surface area contributed by atoms with Crippen molar-refractivity contribution >= 4 is 34.4 Å². The Morgan fingerprint density at radius 1 is 1.20 bits per heavy atom. The summed E-state index contributed by atoms with van der Waals surface area (Å²) in [6.45, 7) is -0.257. The molecule has 1 atom stereocenters. The Morgan fingerprint density at radius 3 is 2.87 bits per heavy atom. The Morgan fingerprint density at radius 2 is 2.03 bits per heavy atom. The SMILES string of the molecule is NC(=O)COc1cccc(C2CC(=O)Nc3c2c(=O)[nH]c2nc4ccccc4n32)c1. The fourth-order valence-electron chi connectivity index (χ4n) is 3.91. The van der Waals surface area contributed by atoms with Gasteiger partial charge in [0.15, 0.2) is 6.61 Å². The van der Waals surface area contributed by atoms with Crippen LogP contribution < -0.4 is 21.3 Å². The van der Waals surface area contributed by atoms with Gasteiger partial charge in [0, 0.05) is 12.3 Å². The molecule has 0 spiro atoms. The van der Waals surface area contributed by atoms with Crippen LogP contribution in [0.3, 0.4) is 0 Å². The summed E-state index contributed by atoms with van der Waals surface area (Å²) in [5, 5.41) is 2.85. The van der Waals surface area contributed by atoms with Crippen molar-refractivity contribution in [2.75, 3.05) is 11.9 Å². The van der Waals surface area contributed by atoms with Crippen LogP contribution in [0.25, 0.3) is 16.8 Å². The molecular formula is C21H17N5O4. The molecule has 2 aromatic carbocycles. The van der Waals surface area contributed by atoms with Crippen LogP contribution >= 0.6 is 0 Å². The molecule has 150 valence electrons. The number of carbonyl (C=O) groups is 2. The van der Waals surface area contributed by atoms with Crippen LogP contribution in [0, 0.1) is 0 Å². The minimum absolute atomic E-state index is 0.105. The number of imidazole rings is 1. The number of hydrogen-bond acceptors (Lipinski definition) is 5. The number of anilines is 1. The quantitative estimate of drug-likeness (QED) is 0.475. The molecule has 0 fully saturated rings. The smallest absolute Gasteiger partial charge is 0.258 e. The molecule has 4 aromatic rings. The van der Waals surface area contributed by atoms with Gasteiger partial charge in [-0.3, -0.25) is 23.8 Å². The number of nitrogens with one attached hydrogen (secondary N) is 2. The lowest BCUT2D eigenvalue weighted by Gasteiger charge is -2.26. The van der Waals surface area contributed by atoms with Gasteiger partial charge < -0.3 is 15.8 Å². The number of hydrogen-bond donors (Lipinski definition) is 3. The van der Waals surface area contributed by atoms with Crippen LogP contribution in [0.4, 0.5) is 5.82 Å². The number of para-hydroxylation sites is 2. The van der Waals surface area contributed by atoms with Gasteiger partial charge in [0.1, 0.15) is 11.6 Å². The van der Waals surface area contributed by atoms with Gasteiger partial charge in [-0.05, 0) is 29.8 Å². The number of nitrogens with zero attached hydrogens (tertiary/aromatic N) is 2. The molecule has 0 aliphatic carbocycles. The van der Waals surface area contributed by atoms with E-state index >= 15 is 0 Å². The van der Waals surface area contributed by atoms with Gasteiger partial charge in [-0.1, -0.05) is 24.3 Å². The van der Waals surface area contributed by atoms with Gasteiger partial charge in [-0.25, -0.2) is 4.98 Å². The maximum atomic E-state index is 13.0. The highest BCUT2D eigenvalue weighted by molar-refractivity contribution is 5.96. The van der Waals surface area contributed by atoms with E-state index < -0.39 is 11.8 Å². The molecule has 0 radical (unpaired) electrons. The lowest BCUT2D eigenvalue weighted by molar-refractivity contribution is -0.120. The van der Waals surface area contributed by atoms with Crippen molar-refractivity contribution in [1.82, 2.24) is 14.4 Å². The summed E-state index contributed by atoms with van der Waals surface area (Å²) >= 11 is 0. The molecule has 1 unspecified atom stereocenters. The zero-order valence-corrected chi connectivity index (χ0v) is 15.7. The molecular weight excluding hydrogens is 386 g/mol. The van der Waals surface area contributed by atoms with E-state index in [4.69, 9.17) is 10.5 Å². The van der Waals surface area contributed by atoms with Gasteiger partial charge in [0.2, 0.25) is 11.7 Å². The zero-order chi connectivity index (χ0) is 20.8. The Hall–Kier alpha value is -4.14. The molecule has 9 heteroatoms. The first kappa shape index (κ1) is 17.9. The summed E-state index contributed by atoms with van der Waals surface area (Å²) in [4.78, 5) is 43.9. The zero-order valence-electron chi connectivity index (χ0n) is 15.7.